The lowest BCUT2D eigenvalue weighted by atomic mass is 10.0. The average molecular weight is 377 g/mol. The van der Waals surface area contributed by atoms with E-state index in [1.807, 2.05) is 6.07 Å². The van der Waals surface area contributed by atoms with Crippen molar-refractivity contribution < 1.29 is 9.90 Å². The average Bonchev–Trinajstić information content (AvgIpc) is 3.18. The number of carbonyl (C=O) groups excluding carboxylic acids is 1. The smallest absolute Gasteiger partial charge is 0.261 e. The first-order chi connectivity index (χ1) is 11.9. The van der Waals surface area contributed by atoms with Crippen molar-refractivity contribution in [2.24, 2.45) is 5.73 Å². The molecule has 2 aromatic rings. The molecule has 0 saturated heterocycles. The standard InChI is InChI=1S/C17H20N4O2S2/c1-8-5-11(22)15-14(8)16(20-7-19-15)12-3-4-13(25-12)17(23)21-10(6-18)9(2)24/h3-4,7-8,10-11,22H,5-6,18H2,1-2H3,(H,21,23). The van der Waals surface area contributed by atoms with Crippen LogP contribution in [0.5, 0.6) is 0 Å². The summed E-state index contributed by atoms with van der Waals surface area (Å²) in [6.45, 7) is 4.09. The van der Waals surface area contributed by atoms with Crippen molar-refractivity contribution in [3.05, 3.63) is 34.6 Å². The van der Waals surface area contributed by atoms with Crippen LogP contribution in [-0.2, 0) is 0 Å². The van der Waals surface area contributed by atoms with E-state index in [-0.39, 0.29) is 24.4 Å². The minimum Gasteiger partial charge on any atom is -0.387 e. The Balaban J connectivity index is 1.88. The van der Waals surface area contributed by atoms with E-state index in [1.165, 1.54) is 17.7 Å². The van der Waals surface area contributed by atoms with Crippen molar-refractivity contribution in [2.45, 2.75) is 38.3 Å². The van der Waals surface area contributed by atoms with Gasteiger partial charge < -0.3 is 16.2 Å². The van der Waals surface area contributed by atoms with Gasteiger partial charge in [-0.05, 0) is 31.4 Å². The largest absolute Gasteiger partial charge is 0.387 e. The molecule has 0 radical (unpaired) electrons. The van der Waals surface area contributed by atoms with E-state index in [0.29, 0.717) is 21.9 Å². The number of nitrogens with zero attached hydrogens (tertiary/aromatic N) is 2. The van der Waals surface area contributed by atoms with Crippen molar-refractivity contribution in [3.63, 3.8) is 0 Å². The number of thiophene rings is 1. The minimum absolute atomic E-state index is 0.180. The SMILES string of the molecule is CC(=S)C(CN)NC(=O)c1ccc(-c2ncnc3c2C(C)CC3O)s1. The zero-order valence-electron chi connectivity index (χ0n) is 14.0. The molecule has 2 heterocycles. The van der Waals surface area contributed by atoms with Gasteiger partial charge in [0.05, 0.1) is 33.3 Å². The third kappa shape index (κ3) is 3.48. The Labute approximate surface area is 155 Å². The predicted molar refractivity (Wildman–Crippen MR) is 102 cm³/mol. The van der Waals surface area contributed by atoms with Gasteiger partial charge >= 0.3 is 0 Å². The van der Waals surface area contributed by atoms with Crippen LogP contribution in [0.1, 0.15) is 53.2 Å². The normalized spacial score (nSPS) is 20.2. The summed E-state index contributed by atoms with van der Waals surface area (Å²) in [6.07, 6.45) is 1.56. The molecule has 1 amide bonds. The molecule has 132 valence electrons. The van der Waals surface area contributed by atoms with Crippen molar-refractivity contribution in [2.75, 3.05) is 6.54 Å². The number of thiocarbonyl (C=S) groups is 1. The van der Waals surface area contributed by atoms with Gasteiger partial charge in [-0.2, -0.15) is 0 Å². The van der Waals surface area contributed by atoms with Gasteiger partial charge in [-0.1, -0.05) is 19.1 Å². The number of aliphatic hydroxyl groups is 1. The van der Waals surface area contributed by atoms with Gasteiger partial charge in [0.15, 0.2) is 0 Å². The number of carbonyl (C=O) groups is 1. The molecule has 8 heteroatoms. The number of fused-ring (bicyclic) bond motifs is 1. The molecule has 0 spiro atoms. The molecule has 0 aliphatic heterocycles. The second-order valence-electron chi connectivity index (χ2n) is 6.21. The van der Waals surface area contributed by atoms with E-state index in [2.05, 4.69) is 22.2 Å². The molecule has 0 saturated carbocycles. The summed E-state index contributed by atoms with van der Waals surface area (Å²) >= 11 is 6.47. The highest BCUT2D eigenvalue weighted by molar-refractivity contribution is 7.80. The van der Waals surface area contributed by atoms with Crippen molar-refractivity contribution in [1.29, 1.82) is 0 Å². The minimum atomic E-state index is -0.551. The Hall–Kier alpha value is -1.74. The highest BCUT2D eigenvalue weighted by atomic mass is 32.1. The van der Waals surface area contributed by atoms with Gasteiger partial charge in [-0.25, -0.2) is 9.97 Å². The Morgan fingerprint density at radius 2 is 2.28 bits per heavy atom. The predicted octanol–water partition coefficient (Wildman–Crippen LogP) is 2.19. The Morgan fingerprint density at radius 3 is 2.96 bits per heavy atom. The summed E-state index contributed by atoms with van der Waals surface area (Å²) in [4.78, 5) is 23.2. The molecule has 3 atom stereocenters. The van der Waals surface area contributed by atoms with Crippen LogP contribution in [0.2, 0.25) is 0 Å². The molecule has 6 nitrogen and oxygen atoms in total. The summed E-state index contributed by atoms with van der Waals surface area (Å²) in [5.74, 6) is -0.0191. The van der Waals surface area contributed by atoms with E-state index in [4.69, 9.17) is 18.0 Å². The van der Waals surface area contributed by atoms with E-state index in [0.717, 1.165) is 16.1 Å². The maximum atomic E-state index is 12.4. The number of aliphatic hydroxyl groups excluding tert-OH is 1. The van der Waals surface area contributed by atoms with Gasteiger partial charge in [-0.3, -0.25) is 4.79 Å². The van der Waals surface area contributed by atoms with Gasteiger partial charge in [0.25, 0.3) is 5.91 Å². The number of aromatic nitrogens is 2. The van der Waals surface area contributed by atoms with Crippen LogP contribution in [0.25, 0.3) is 10.6 Å². The fraction of sp³-hybridized carbons (Fsp3) is 0.412. The number of hydrogen-bond acceptors (Lipinski definition) is 7. The monoisotopic (exact) mass is 376 g/mol. The van der Waals surface area contributed by atoms with Crippen LogP contribution in [0.3, 0.4) is 0 Å². The van der Waals surface area contributed by atoms with E-state index in [9.17, 15) is 9.90 Å². The lowest BCUT2D eigenvalue weighted by Crippen LogP contribution is -2.43. The Kier molecular flexibility index (Phi) is 5.24. The number of hydrogen-bond donors (Lipinski definition) is 3. The number of nitrogens with one attached hydrogen (secondary N) is 1. The van der Waals surface area contributed by atoms with Gasteiger partial charge in [0.1, 0.15) is 6.33 Å². The molecule has 0 aromatic carbocycles. The van der Waals surface area contributed by atoms with Crippen LogP contribution in [0.15, 0.2) is 18.5 Å². The Bertz CT molecular complexity index is 821. The molecule has 2 aromatic heterocycles. The van der Waals surface area contributed by atoms with Crippen LogP contribution < -0.4 is 11.1 Å². The maximum absolute atomic E-state index is 12.4. The summed E-state index contributed by atoms with van der Waals surface area (Å²) in [6, 6.07) is 3.33. The molecular formula is C17H20N4O2S2. The second kappa shape index (κ2) is 7.25. The van der Waals surface area contributed by atoms with Gasteiger partial charge in [-0.15, -0.1) is 11.3 Å². The van der Waals surface area contributed by atoms with Crippen LogP contribution in [0, 0.1) is 0 Å². The van der Waals surface area contributed by atoms with Crippen molar-refractivity contribution >= 4 is 34.3 Å². The summed E-state index contributed by atoms with van der Waals surface area (Å²) in [5.41, 5.74) is 8.10. The molecular weight excluding hydrogens is 356 g/mol. The zero-order valence-corrected chi connectivity index (χ0v) is 15.7. The van der Waals surface area contributed by atoms with E-state index in [1.54, 1.807) is 13.0 Å². The molecule has 0 bridgehead atoms. The first-order valence-corrected chi connectivity index (χ1v) is 9.29. The summed E-state index contributed by atoms with van der Waals surface area (Å²) in [7, 11) is 0. The van der Waals surface area contributed by atoms with Crippen molar-refractivity contribution in [1.82, 2.24) is 15.3 Å². The molecule has 0 fully saturated rings. The first kappa shape index (κ1) is 18.1. The fourth-order valence-corrected chi connectivity index (χ4v) is 4.14. The number of rotatable bonds is 5. The molecule has 25 heavy (non-hydrogen) atoms. The molecule has 3 rings (SSSR count). The van der Waals surface area contributed by atoms with Crippen LogP contribution in [0.4, 0.5) is 0 Å². The second-order valence-corrected chi connectivity index (χ2v) is 7.94. The summed E-state index contributed by atoms with van der Waals surface area (Å²) in [5, 5.41) is 13.0. The maximum Gasteiger partial charge on any atom is 0.261 e. The van der Waals surface area contributed by atoms with E-state index < -0.39 is 6.10 Å². The third-order valence-electron chi connectivity index (χ3n) is 4.39. The quantitative estimate of drug-likeness (QED) is 0.692. The van der Waals surface area contributed by atoms with Crippen molar-refractivity contribution in [3.8, 4) is 10.6 Å². The highest BCUT2D eigenvalue weighted by Crippen LogP contribution is 2.43. The number of nitrogens with two attached hydrogens (primary N) is 1. The fourth-order valence-electron chi connectivity index (χ4n) is 3.06. The molecule has 3 unspecified atom stereocenters. The van der Waals surface area contributed by atoms with Gasteiger partial charge in [0.2, 0.25) is 0 Å². The highest BCUT2D eigenvalue weighted by Gasteiger charge is 2.32. The van der Waals surface area contributed by atoms with Crippen LogP contribution in [-0.4, -0.2) is 38.4 Å². The lowest BCUT2D eigenvalue weighted by Gasteiger charge is -2.14. The summed E-state index contributed by atoms with van der Waals surface area (Å²) < 4.78 is 0. The topological polar surface area (TPSA) is 101 Å². The lowest BCUT2D eigenvalue weighted by molar-refractivity contribution is 0.0952. The van der Waals surface area contributed by atoms with E-state index >= 15 is 0 Å². The first-order valence-electron chi connectivity index (χ1n) is 8.06. The zero-order chi connectivity index (χ0) is 18.1. The number of amides is 1. The molecule has 1 aliphatic carbocycles. The van der Waals surface area contributed by atoms with Gasteiger partial charge in [0, 0.05) is 17.0 Å². The molecule has 4 N–H and O–H groups in total. The Morgan fingerprint density at radius 1 is 1.52 bits per heavy atom. The molecule has 1 aliphatic rings. The van der Waals surface area contributed by atoms with Crippen LogP contribution >= 0.6 is 23.6 Å². The third-order valence-corrected chi connectivity index (χ3v) is 5.77.